The van der Waals surface area contributed by atoms with E-state index in [1.54, 1.807) is 0 Å². The van der Waals surface area contributed by atoms with Crippen LogP contribution < -0.4 is 5.32 Å². The molecule has 2 nitrogen and oxygen atoms in total. The van der Waals surface area contributed by atoms with Gasteiger partial charge in [-0.2, -0.15) is 0 Å². The van der Waals surface area contributed by atoms with Crippen LogP contribution in [0.1, 0.15) is 12.0 Å². The Balaban J connectivity index is 0.00000147. The van der Waals surface area contributed by atoms with E-state index < -0.39 is 17.5 Å². The number of nitrogens with zero attached hydrogens (tertiary/aromatic N) is 1. The zero-order chi connectivity index (χ0) is 13.4. The van der Waals surface area contributed by atoms with Gasteiger partial charge in [0.2, 0.25) is 0 Å². The molecule has 2 unspecified atom stereocenters. The van der Waals surface area contributed by atoms with Gasteiger partial charge in [-0.25, -0.2) is 13.2 Å². The summed E-state index contributed by atoms with van der Waals surface area (Å²) in [5, 5.41) is 3.37. The Hall–Kier alpha value is -0.780. The number of rotatable bonds is 2. The van der Waals surface area contributed by atoms with E-state index in [1.165, 1.54) is 0 Å². The molecule has 0 bridgehead atoms. The molecule has 0 saturated carbocycles. The van der Waals surface area contributed by atoms with E-state index in [9.17, 15) is 13.2 Å². The molecule has 2 saturated heterocycles. The highest BCUT2D eigenvalue weighted by Crippen LogP contribution is 2.27. The summed E-state index contributed by atoms with van der Waals surface area (Å²) in [4.78, 5) is 2.13. The van der Waals surface area contributed by atoms with Gasteiger partial charge in [-0.3, -0.25) is 4.90 Å². The number of benzene rings is 1. The first kappa shape index (κ1) is 15.6. The predicted molar refractivity (Wildman–Crippen MR) is 73.3 cm³/mol. The minimum Gasteiger partial charge on any atom is -0.316 e. The van der Waals surface area contributed by atoms with Gasteiger partial charge in [0.05, 0.1) is 0 Å². The van der Waals surface area contributed by atoms with E-state index in [1.807, 2.05) is 0 Å². The Kier molecular flexibility index (Phi) is 4.94. The van der Waals surface area contributed by atoms with Crippen LogP contribution in [0.25, 0.3) is 0 Å². The van der Waals surface area contributed by atoms with Crippen LogP contribution in [0.4, 0.5) is 13.2 Å². The van der Waals surface area contributed by atoms with E-state index in [0.717, 1.165) is 38.7 Å². The molecule has 0 radical (unpaired) electrons. The second-order valence-electron chi connectivity index (χ2n) is 5.56. The van der Waals surface area contributed by atoms with Crippen molar-refractivity contribution in [1.82, 2.24) is 10.2 Å². The third-order valence-corrected chi connectivity index (χ3v) is 4.27. The van der Waals surface area contributed by atoms with Crippen LogP contribution >= 0.6 is 12.4 Å². The fourth-order valence-electron chi connectivity index (χ4n) is 3.18. The second kappa shape index (κ2) is 6.33. The van der Waals surface area contributed by atoms with Crippen molar-refractivity contribution >= 4 is 12.4 Å². The third kappa shape index (κ3) is 3.10. The maximum Gasteiger partial charge on any atom is 0.161 e. The summed E-state index contributed by atoms with van der Waals surface area (Å²) in [6.07, 6.45) is 1.09. The Bertz CT molecular complexity index is 484. The molecular weight excluding hydrogens is 289 g/mol. The van der Waals surface area contributed by atoms with Crippen LogP contribution in [0.5, 0.6) is 0 Å². The van der Waals surface area contributed by atoms with E-state index in [-0.39, 0.29) is 18.0 Å². The number of fused-ring (bicyclic) bond motifs is 1. The number of hydrogen-bond donors (Lipinski definition) is 1. The smallest absolute Gasteiger partial charge is 0.161 e. The molecule has 2 heterocycles. The van der Waals surface area contributed by atoms with Gasteiger partial charge in [-0.15, -0.1) is 12.4 Å². The molecule has 1 N–H and O–H groups in total. The molecule has 112 valence electrons. The largest absolute Gasteiger partial charge is 0.316 e. The van der Waals surface area contributed by atoms with Crippen molar-refractivity contribution in [1.29, 1.82) is 0 Å². The van der Waals surface area contributed by atoms with Gasteiger partial charge < -0.3 is 5.32 Å². The second-order valence-corrected chi connectivity index (χ2v) is 5.56. The fraction of sp³-hybridized carbons (Fsp3) is 0.571. The molecule has 2 aliphatic heterocycles. The van der Waals surface area contributed by atoms with E-state index in [0.29, 0.717) is 24.4 Å². The summed E-state index contributed by atoms with van der Waals surface area (Å²) in [7, 11) is 0. The maximum absolute atomic E-state index is 13.6. The van der Waals surface area contributed by atoms with Crippen molar-refractivity contribution < 1.29 is 13.2 Å². The van der Waals surface area contributed by atoms with Crippen LogP contribution in [-0.4, -0.2) is 31.1 Å². The van der Waals surface area contributed by atoms with Crippen molar-refractivity contribution in [3.05, 3.63) is 35.1 Å². The maximum atomic E-state index is 13.6. The first-order chi connectivity index (χ1) is 9.13. The average molecular weight is 307 g/mol. The summed E-state index contributed by atoms with van der Waals surface area (Å²) in [6, 6.07) is 1.61. The van der Waals surface area contributed by atoms with Crippen LogP contribution in [0.3, 0.4) is 0 Å². The number of piperidine rings is 1. The first-order valence-electron chi connectivity index (χ1n) is 6.70. The van der Waals surface area contributed by atoms with Crippen LogP contribution in [-0.2, 0) is 6.54 Å². The Morgan fingerprint density at radius 3 is 2.55 bits per heavy atom. The molecule has 0 aliphatic carbocycles. The topological polar surface area (TPSA) is 15.3 Å². The monoisotopic (exact) mass is 306 g/mol. The number of halogens is 4. The van der Waals surface area contributed by atoms with Gasteiger partial charge >= 0.3 is 0 Å². The van der Waals surface area contributed by atoms with Gasteiger partial charge in [0, 0.05) is 24.7 Å². The number of hydrogen-bond acceptors (Lipinski definition) is 2. The summed E-state index contributed by atoms with van der Waals surface area (Å²) in [5.41, 5.74) is 0.239. The molecule has 0 aromatic heterocycles. The van der Waals surface area contributed by atoms with E-state index >= 15 is 0 Å². The summed E-state index contributed by atoms with van der Waals surface area (Å²) >= 11 is 0. The van der Waals surface area contributed by atoms with Crippen molar-refractivity contribution in [2.75, 3.05) is 26.2 Å². The molecule has 1 aromatic rings. The van der Waals surface area contributed by atoms with Crippen LogP contribution in [0, 0.1) is 29.3 Å². The molecule has 3 rings (SSSR count). The lowest BCUT2D eigenvalue weighted by Crippen LogP contribution is -2.39. The molecule has 2 atom stereocenters. The summed E-state index contributed by atoms with van der Waals surface area (Å²) in [6.45, 7) is 4.21. The van der Waals surface area contributed by atoms with Gasteiger partial charge in [0.1, 0.15) is 5.82 Å². The third-order valence-electron chi connectivity index (χ3n) is 4.27. The quantitative estimate of drug-likeness (QED) is 0.845. The molecule has 20 heavy (non-hydrogen) atoms. The Labute approximate surface area is 122 Å². The Morgan fingerprint density at radius 1 is 1.05 bits per heavy atom. The fourth-order valence-corrected chi connectivity index (χ4v) is 3.18. The Morgan fingerprint density at radius 2 is 1.75 bits per heavy atom. The van der Waals surface area contributed by atoms with Crippen LogP contribution in [0.15, 0.2) is 12.1 Å². The van der Waals surface area contributed by atoms with Crippen LogP contribution in [0.2, 0.25) is 0 Å². The predicted octanol–water partition coefficient (Wildman–Crippen LogP) is 2.57. The van der Waals surface area contributed by atoms with Gasteiger partial charge in [-0.1, -0.05) is 0 Å². The van der Waals surface area contributed by atoms with E-state index in [2.05, 4.69) is 10.2 Å². The lowest BCUT2D eigenvalue weighted by atomic mass is 9.88. The molecular formula is C14H18ClF3N2. The van der Waals surface area contributed by atoms with Gasteiger partial charge in [0.15, 0.2) is 11.6 Å². The van der Waals surface area contributed by atoms with Crippen molar-refractivity contribution in [2.45, 2.75) is 13.0 Å². The number of likely N-dealkylation sites (tertiary alicyclic amines) is 1. The minimum atomic E-state index is -1.13. The highest BCUT2D eigenvalue weighted by atomic mass is 35.5. The van der Waals surface area contributed by atoms with Gasteiger partial charge in [0.25, 0.3) is 0 Å². The van der Waals surface area contributed by atoms with E-state index in [4.69, 9.17) is 0 Å². The van der Waals surface area contributed by atoms with Crippen molar-refractivity contribution in [2.24, 2.45) is 11.8 Å². The standard InChI is InChI=1S/C14H17F3N2.ClH/c15-12-4-14(17)13(16)3-10(12)7-19-2-1-9-5-18-6-11(9)8-19;/h3-4,9,11,18H,1-2,5-8H2;1H. The van der Waals surface area contributed by atoms with Gasteiger partial charge in [-0.05, 0) is 44.0 Å². The minimum absolute atomic E-state index is 0. The first-order valence-corrected chi connectivity index (χ1v) is 6.70. The highest BCUT2D eigenvalue weighted by Gasteiger charge is 2.32. The summed E-state index contributed by atoms with van der Waals surface area (Å²) < 4.78 is 39.6. The molecule has 2 aliphatic rings. The zero-order valence-corrected chi connectivity index (χ0v) is 11.9. The normalized spacial score (nSPS) is 26.1. The molecule has 1 aromatic carbocycles. The number of nitrogens with one attached hydrogen (secondary N) is 1. The van der Waals surface area contributed by atoms with Crippen molar-refractivity contribution in [3.63, 3.8) is 0 Å². The summed E-state index contributed by atoms with van der Waals surface area (Å²) in [5.74, 6) is -1.45. The lowest BCUT2D eigenvalue weighted by molar-refractivity contribution is 0.140. The highest BCUT2D eigenvalue weighted by molar-refractivity contribution is 5.85. The molecule has 6 heteroatoms. The molecule has 0 amide bonds. The SMILES string of the molecule is Cl.Fc1cc(F)c(CN2CCC3CNCC3C2)cc1F. The average Bonchev–Trinajstić information content (AvgIpc) is 2.83. The van der Waals surface area contributed by atoms with Crippen molar-refractivity contribution in [3.8, 4) is 0 Å². The zero-order valence-electron chi connectivity index (χ0n) is 11.0. The molecule has 0 spiro atoms. The molecule has 2 fully saturated rings. The lowest BCUT2D eigenvalue weighted by Gasteiger charge is -2.34.